The molecule has 0 aliphatic heterocycles. The van der Waals surface area contributed by atoms with E-state index < -0.39 is 43.6 Å². The maximum Gasteiger partial charge on any atom is 0.156 e. The highest BCUT2D eigenvalue weighted by molar-refractivity contribution is 5.93. The summed E-state index contributed by atoms with van der Waals surface area (Å²) in [4.78, 5) is 12.7. The Hall–Kier alpha value is -2.31. The minimum Gasteiger partial charge on any atom is -0.378 e. The van der Waals surface area contributed by atoms with Crippen molar-refractivity contribution in [2.45, 2.75) is 70.2 Å². The third-order valence-electron chi connectivity index (χ3n) is 8.41. The minimum absolute atomic E-state index is 0.00171. The van der Waals surface area contributed by atoms with E-state index in [4.69, 9.17) is 12.3 Å². The SMILES string of the molecule is [2H]C([2H])([2H])C#C[C@]1(O)CC[C@@H]2[C@]1(C)C[C@H](c1ccc(N(C([2H])([2H])[2H])C([2H])([2H])[2H])cc1)C1=C3CCC(=O)C=C3CC[C@]12[2H]. The van der Waals surface area contributed by atoms with Gasteiger partial charge in [-0.1, -0.05) is 30.6 Å². The van der Waals surface area contributed by atoms with Gasteiger partial charge in [0, 0.05) is 51.1 Å². The largest absolute Gasteiger partial charge is 0.378 e. The van der Waals surface area contributed by atoms with Crippen LogP contribution in [-0.2, 0) is 4.79 Å². The average molecular weight is 440 g/mol. The lowest BCUT2D eigenvalue weighted by molar-refractivity contribution is -0.114. The standard InChI is InChI=1S/C29H35NO2/c1-5-15-29(32)16-14-26-24-12-8-20-17-22(31)11-13-23(20)27(24)25(18-28(26,29)2)19-6-9-21(10-7-19)30(3)4/h6-7,9-10,17,24-26,32H,8,11-14,16,18H2,1-4H3/t24-,25+,26-,28-,29-/m0/s1/i1D3,3D3,4D3,24D. The Morgan fingerprint density at radius 3 is 2.75 bits per heavy atom. The highest BCUT2D eigenvalue weighted by Crippen LogP contribution is 2.66. The molecule has 4 aliphatic rings. The van der Waals surface area contributed by atoms with E-state index in [0.717, 1.165) is 22.3 Å². The molecule has 0 saturated heterocycles. The zero-order valence-electron chi connectivity index (χ0n) is 28.3. The van der Waals surface area contributed by atoms with E-state index in [9.17, 15) is 11.3 Å². The second kappa shape index (κ2) is 7.63. The number of allylic oxidation sites excluding steroid dienone is 4. The number of anilines is 1. The van der Waals surface area contributed by atoms with Crippen LogP contribution in [0.25, 0.3) is 0 Å². The number of hydrogen-bond acceptors (Lipinski definition) is 3. The van der Waals surface area contributed by atoms with Crippen LogP contribution in [0.15, 0.2) is 47.1 Å². The quantitative estimate of drug-likeness (QED) is 0.627. The van der Waals surface area contributed by atoms with Crippen molar-refractivity contribution in [3.05, 3.63) is 52.6 Å². The second-order valence-corrected chi connectivity index (χ2v) is 9.86. The number of aliphatic hydroxyl groups is 1. The summed E-state index contributed by atoms with van der Waals surface area (Å²) < 4.78 is 79.4. The molecule has 0 radical (unpaired) electrons. The Bertz CT molecular complexity index is 1400. The molecule has 0 aromatic heterocycles. The van der Waals surface area contributed by atoms with Crippen LogP contribution in [0.3, 0.4) is 0 Å². The first-order valence-corrected chi connectivity index (χ1v) is 11.3. The fourth-order valence-electron chi connectivity index (χ4n) is 6.78. The number of benzene rings is 1. The molecule has 1 N–H and O–H groups in total. The van der Waals surface area contributed by atoms with Gasteiger partial charge in [-0.05, 0) is 92.1 Å². The maximum absolute atomic E-state index is 12.3. The van der Waals surface area contributed by atoms with Crippen LogP contribution in [-0.4, -0.2) is 30.4 Å². The first-order chi connectivity index (χ1) is 19.2. The Kier molecular flexibility index (Phi) is 3.05. The number of nitrogens with zero attached hydrogens (tertiary/aromatic N) is 1. The molecule has 5 atom stereocenters. The number of hydrogen-bond donors (Lipinski definition) is 1. The molecule has 4 aliphatic carbocycles. The topological polar surface area (TPSA) is 40.5 Å². The van der Waals surface area contributed by atoms with Crippen LogP contribution < -0.4 is 4.90 Å². The molecule has 0 spiro atoms. The van der Waals surface area contributed by atoms with Gasteiger partial charge in [0.15, 0.2) is 5.78 Å². The minimum atomic E-state index is -2.90. The van der Waals surface area contributed by atoms with E-state index in [1.165, 1.54) is 12.1 Å². The van der Waals surface area contributed by atoms with Gasteiger partial charge in [0.25, 0.3) is 0 Å². The highest BCUT2D eigenvalue weighted by Gasteiger charge is 2.62. The number of carbonyl (C=O) groups excluding carboxylic acids is 1. The molecule has 3 heteroatoms. The van der Waals surface area contributed by atoms with Gasteiger partial charge in [-0.3, -0.25) is 4.79 Å². The molecule has 2 saturated carbocycles. The van der Waals surface area contributed by atoms with E-state index in [-0.39, 0.29) is 23.8 Å². The highest BCUT2D eigenvalue weighted by atomic mass is 16.3. The first-order valence-electron chi connectivity index (χ1n) is 16.3. The summed E-state index contributed by atoms with van der Waals surface area (Å²) in [6.45, 7) is -6.47. The van der Waals surface area contributed by atoms with E-state index in [2.05, 4.69) is 11.8 Å². The average Bonchev–Trinajstić information content (AvgIpc) is 3.12. The third-order valence-corrected chi connectivity index (χ3v) is 8.41. The van der Waals surface area contributed by atoms with Crippen molar-refractivity contribution in [3.63, 3.8) is 0 Å². The summed E-state index contributed by atoms with van der Waals surface area (Å²) in [5, 5.41) is 11.9. The first kappa shape index (κ1) is 12.8. The second-order valence-electron chi connectivity index (χ2n) is 9.86. The van der Waals surface area contributed by atoms with Gasteiger partial charge in [-0.15, -0.1) is 5.92 Å². The predicted molar refractivity (Wildman–Crippen MR) is 129 cm³/mol. The lowest BCUT2D eigenvalue weighted by Gasteiger charge is -2.53. The zero-order chi connectivity index (χ0) is 31.1. The maximum atomic E-state index is 12.3. The summed E-state index contributed by atoms with van der Waals surface area (Å²) >= 11 is 0. The molecule has 0 heterocycles. The lowest BCUT2D eigenvalue weighted by Crippen LogP contribution is -2.51. The van der Waals surface area contributed by atoms with Crippen molar-refractivity contribution >= 4 is 11.5 Å². The molecule has 0 unspecified atom stereocenters. The molecule has 168 valence electrons. The van der Waals surface area contributed by atoms with Crippen molar-refractivity contribution in [2.24, 2.45) is 17.2 Å². The Morgan fingerprint density at radius 1 is 1.19 bits per heavy atom. The van der Waals surface area contributed by atoms with Crippen molar-refractivity contribution in [1.82, 2.24) is 0 Å². The zero-order valence-corrected chi connectivity index (χ0v) is 18.3. The fraction of sp³-hybridized carbons (Fsp3) is 0.552. The summed E-state index contributed by atoms with van der Waals surface area (Å²) in [5.41, 5.74) is 0.969. The molecule has 1 aromatic rings. The van der Waals surface area contributed by atoms with Crippen LogP contribution in [0, 0.1) is 29.1 Å². The summed E-state index contributed by atoms with van der Waals surface area (Å²) in [7, 11) is 0. The molecule has 5 rings (SSSR count). The Labute approximate surface area is 206 Å². The number of ketones is 1. The van der Waals surface area contributed by atoms with Crippen molar-refractivity contribution in [1.29, 1.82) is 0 Å². The number of fused-ring (bicyclic) bond motifs is 4. The molecule has 0 bridgehead atoms. The van der Waals surface area contributed by atoms with Crippen LogP contribution in [0.2, 0.25) is 0 Å². The molecule has 1 aromatic carbocycles. The summed E-state index contributed by atoms with van der Waals surface area (Å²) in [6, 6.07) is 6.27. The van der Waals surface area contributed by atoms with Gasteiger partial charge in [-0.2, -0.15) is 0 Å². The summed E-state index contributed by atoms with van der Waals surface area (Å²) in [6.07, 6.45) is 4.60. The fourth-order valence-corrected chi connectivity index (χ4v) is 6.78. The van der Waals surface area contributed by atoms with Crippen molar-refractivity contribution in [3.8, 4) is 11.8 Å². The lowest BCUT2D eigenvalue weighted by atomic mass is 9.51. The van der Waals surface area contributed by atoms with Crippen LogP contribution in [0.4, 0.5) is 5.69 Å². The van der Waals surface area contributed by atoms with Crippen molar-refractivity contribution < 1.29 is 23.6 Å². The molecule has 0 amide bonds. The van der Waals surface area contributed by atoms with Crippen molar-refractivity contribution in [2.75, 3.05) is 18.9 Å². The molecule has 2 fully saturated rings. The molecule has 32 heavy (non-hydrogen) atoms. The normalized spacial score (nSPS) is 43.9. The van der Waals surface area contributed by atoms with Gasteiger partial charge in [-0.25, -0.2) is 0 Å². The Balaban J connectivity index is 1.67. The van der Waals surface area contributed by atoms with Gasteiger partial charge in [0.2, 0.25) is 0 Å². The van der Waals surface area contributed by atoms with Crippen LogP contribution in [0.5, 0.6) is 0 Å². The monoisotopic (exact) mass is 439 g/mol. The molecular formula is C29H35NO2. The van der Waals surface area contributed by atoms with Gasteiger partial charge in [0.05, 0.1) is 0 Å². The summed E-state index contributed by atoms with van der Waals surface area (Å²) in [5.74, 6) is 3.20. The molecular weight excluding hydrogens is 394 g/mol. The van der Waals surface area contributed by atoms with Gasteiger partial charge >= 0.3 is 0 Å². The predicted octanol–water partition coefficient (Wildman–Crippen LogP) is 5.41. The smallest absolute Gasteiger partial charge is 0.156 e. The van der Waals surface area contributed by atoms with E-state index >= 15 is 0 Å². The number of rotatable bonds is 2. The van der Waals surface area contributed by atoms with Gasteiger partial charge < -0.3 is 10.0 Å². The van der Waals surface area contributed by atoms with E-state index in [0.29, 0.717) is 43.4 Å². The third kappa shape index (κ3) is 3.11. The molecule has 3 nitrogen and oxygen atoms in total. The number of carbonyl (C=O) groups is 1. The van der Waals surface area contributed by atoms with E-state index in [1.54, 1.807) is 18.2 Å². The Morgan fingerprint density at radius 2 is 2.00 bits per heavy atom. The van der Waals surface area contributed by atoms with Crippen LogP contribution in [0.1, 0.15) is 83.9 Å². The van der Waals surface area contributed by atoms with Crippen LogP contribution >= 0.6 is 0 Å². The van der Waals surface area contributed by atoms with E-state index in [1.807, 2.05) is 6.92 Å². The van der Waals surface area contributed by atoms with Gasteiger partial charge in [0.1, 0.15) is 5.60 Å².